The molecule has 0 radical (unpaired) electrons. The Labute approximate surface area is 118 Å². The first-order valence-corrected chi connectivity index (χ1v) is 7.02. The molecular formula is C15H19N3O2. The molecule has 3 rings (SSSR count). The average Bonchev–Trinajstić information content (AvgIpc) is 2.97. The second-order valence-corrected chi connectivity index (χ2v) is 5.08. The van der Waals surface area contributed by atoms with Crippen molar-refractivity contribution >= 4 is 0 Å². The molecule has 0 spiro atoms. The van der Waals surface area contributed by atoms with E-state index >= 15 is 0 Å². The monoisotopic (exact) mass is 273 g/mol. The summed E-state index contributed by atoms with van der Waals surface area (Å²) in [5.74, 6) is 2.68. The quantitative estimate of drug-likeness (QED) is 0.924. The maximum atomic E-state index is 5.41. The Bertz CT molecular complexity index is 562. The second kappa shape index (κ2) is 6.05. The van der Waals surface area contributed by atoms with Gasteiger partial charge in [-0.15, -0.1) is 0 Å². The van der Waals surface area contributed by atoms with Crippen molar-refractivity contribution in [3.8, 4) is 5.75 Å². The van der Waals surface area contributed by atoms with Gasteiger partial charge in [-0.3, -0.25) is 0 Å². The van der Waals surface area contributed by atoms with Crippen molar-refractivity contribution in [1.29, 1.82) is 0 Å². The van der Waals surface area contributed by atoms with E-state index in [1.807, 2.05) is 24.3 Å². The Balaban J connectivity index is 1.73. The lowest BCUT2D eigenvalue weighted by Gasteiger charge is -2.18. The number of nitrogens with one attached hydrogen (secondary N) is 1. The van der Waals surface area contributed by atoms with Gasteiger partial charge in [-0.2, -0.15) is 4.98 Å². The van der Waals surface area contributed by atoms with E-state index in [9.17, 15) is 0 Å². The number of rotatable bonds is 4. The zero-order valence-corrected chi connectivity index (χ0v) is 11.6. The number of aromatic nitrogens is 2. The predicted molar refractivity (Wildman–Crippen MR) is 74.9 cm³/mol. The molecule has 5 heteroatoms. The summed E-state index contributed by atoms with van der Waals surface area (Å²) in [7, 11) is 1.67. The minimum atomic E-state index is 0.350. The highest BCUT2D eigenvalue weighted by atomic mass is 16.5. The van der Waals surface area contributed by atoms with E-state index in [0.717, 1.165) is 49.0 Å². The van der Waals surface area contributed by atoms with Gasteiger partial charge in [-0.1, -0.05) is 23.4 Å². The van der Waals surface area contributed by atoms with Crippen molar-refractivity contribution in [2.45, 2.75) is 25.2 Å². The van der Waals surface area contributed by atoms with E-state index in [-0.39, 0.29) is 0 Å². The van der Waals surface area contributed by atoms with E-state index in [0.29, 0.717) is 12.3 Å². The third-order valence-electron chi connectivity index (χ3n) is 3.67. The predicted octanol–water partition coefficient (Wildman–Crippen LogP) is 2.14. The number of hydrogen-bond acceptors (Lipinski definition) is 5. The smallest absolute Gasteiger partial charge is 0.231 e. The molecule has 1 aromatic heterocycles. The van der Waals surface area contributed by atoms with Crippen LogP contribution < -0.4 is 10.1 Å². The van der Waals surface area contributed by atoms with E-state index in [4.69, 9.17) is 9.26 Å². The van der Waals surface area contributed by atoms with Crippen molar-refractivity contribution in [1.82, 2.24) is 15.5 Å². The van der Waals surface area contributed by atoms with Crippen molar-refractivity contribution in [3.05, 3.63) is 41.5 Å². The Morgan fingerprint density at radius 1 is 1.40 bits per heavy atom. The number of nitrogens with zero attached hydrogens (tertiary/aromatic N) is 2. The molecular weight excluding hydrogens is 254 g/mol. The molecule has 20 heavy (non-hydrogen) atoms. The summed E-state index contributed by atoms with van der Waals surface area (Å²) >= 11 is 0. The number of piperidine rings is 1. The van der Waals surface area contributed by atoms with Gasteiger partial charge in [-0.25, -0.2) is 0 Å². The van der Waals surface area contributed by atoms with E-state index in [1.165, 1.54) is 0 Å². The fourth-order valence-electron chi connectivity index (χ4n) is 2.59. The van der Waals surface area contributed by atoms with Gasteiger partial charge in [0.05, 0.1) is 13.0 Å². The first-order chi connectivity index (χ1) is 9.86. The van der Waals surface area contributed by atoms with Crippen LogP contribution in [0.5, 0.6) is 5.75 Å². The van der Waals surface area contributed by atoms with Crippen LogP contribution in [0.1, 0.15) is 36.0 Å². The number of para-hydroxylation sites is 1. The number of hydrogen-bond donors (Lipinski definition) is 1. The molecule has 0 saturated carbocycles. The van der Waals surface area contributed by atoms with Gasteiger partial charge in [0.1, 0.15) is 5.75 Å². The lowest BCUT2D eigenvalue weighted by molar-refractivity contribution is 0.320. The number of ether oxygens (including phenoxy) is 1. The molecule has 0 bridgehead atoms. The fourth-order valence-corrected chi connectivity index (χ4v) is 2.59. The summed E-state index contributed by atoms with van der Waals surface area (Å²) < 4.78 is 10.8. The number of methoxy groups -OCH3 is 1. The van der Waals surface area contributed by atoms with Crippen LogP contribution in [0, 0.1) is 0 Å². The van der Waals surface area contributed by atoms with Crippen molar-refractivity contribution < 1.29 is 9.26 Å². The van der Waals surface area contributed by atoms with Crippen LogP contribution in [-0.2, 0) is 6.42 Å². The van der Waals surface area contributed by atoms with Crippen LogP contribution in [0.4, 0.5) is 0 Å². The van der Waals surface area contributed by atoms with Crippen LogP contribution in [0.2, 0.25) is 0 Å². The topological polar surface area (TPSA) is 60.2 Å². The van der Waals surface area contributed by atoms with Crippen LogP contribution in [0.25, 0.3) is 0 Å². The lowest BCUT2D eigenvalue weighted by atomic mass is 10.00. The molecule has 1 aromatic carbocycles. The first kappa shape index (κ1) is 13.1. The van der Waals surface area contributed by atoms with Gasteiger partial charge in [-0.05, 0) is 25.5 Å². The van der Waals surface area contributed by atoms with Gasteiger partial charge in [0.25, 0.3) is 0 Å². The summed E-state index contributed by atoms with van der Waals surface area (Å²) in [6.45, 7) is 2.01. The molecule has 1 fully saturated rings. The Hall–Kier alpha value is -1.88. The number of benzene rings is 1. The van der Waals surface area contributed by atoms with E-state index in [2.05, 4.69) is 15.5 Å². The molecule has 5 nitrogen and oxygen atoms in total. The molecule has 106 valence electrons. The lowest BCUT2D eigenvalue weighted by Crippen LogP contribution is -2.28. The van der Waals surface area contributed by atoms with Gasteiger partial charge in [0, 0.05) is 18.5 Å². The Morgan fingerprint density at radius 2 is 2.30 bits per heavy atom. The Morgan fingerprint density at radius 3 is 3.10 bits per heavy atom. The third kappa shape index (κ3) is 2.82. The van der Waals surface area contributed by atoms with Gasteiger partial charge in [0.2, 0.25) is 5.89 Å². The van der Waals surface area contributed by atoms with E-state index in [1.54, 1.807) is 7.11 Å². The van der Waals surface area contributed by atoms with Crippen molar-refractivity contribution in [2.24, 2.45) is 0 Å². The maximum Gasteiger partial charge on any atom is 0.231 e. The molecule has 1 N–H and O–H groups in total. The summed E-state index contributed by atoms with van der Waals surface area (Å²) in [6.07, 6.45) is 2.91. The molecule has 1 unspecified atom stereocenters. The molecule has 0 amide bonds. The molecule has 1 saturated heterocycles. The zero-order valence-electron chi connectivity index (χ0n) is 11.6. The van der Waals surface area contributed by atoms with Gasteiger partial charge >= 0.3 is 0 Å². The van der Waals surface area contributed by atoms with Crippen LogP contribution in [0.15, 0.2) is 28.8 Å². The summed E-state index contributed by atoms with van der Waals surface area (Å²) in [5, 5.41) is 7.46. The summed E-state index contributed by atoms with van der Waals surface area (Å²) in [6, 6.07) is 7.92. The second-order valence-electron chi connectivity index (χ2n) is 5.08. The summed E-state index contributed by atoms with van der Waals surface area (Å²) in [5.41, 5.74) is 1.07. The van der Waals surface area contributed by atoms with Crippen LogP contribution in [-0.4, -0.2) is 30.3 Å². The zero-order chi connectivity index (χ0) is 13.8. The standard InChI is InChI=1S/C15H19N3O2/c1-19-13-7-3-2-5-11(13)9-14-17-15(20-18-14)12-6-4-8-16-10-12/h2-3,5,7,12,16H,4,6,8-10H2,1H3. The highest BCUT2D eigenvalue weighted by Gasteiger charge is 2.21. The van der Waals surface area contributed by atoms with Gasteiger partial charge in [0.15, 0.2) is 5.82 Å². The minimum Gasteiger partial charge on any atom is -0.496 e. The Kier molecular flexibility index (Phi) is 3.97. The molecule has 1 atom stereocenters. The molecule has 2 heterocycles. The van der Waals surface area contributed by atoms with E-state index < -0.39 is 0 Å². The van der Waals surface area contributed by atoms with Crippen molar-refractivity contribution in [3.63, 3.8) is 0 Å². The van der Waals surface area contributed by atoms with Gasteiger partial charge < -0.3 is 14.6 Å². The fraction of sp³-hybridized carbons (Fsp3) is 0.467. The first-order valence-electron chi connectivity index (χ1n) is 7.02. The minimum absolute atomic E-state index is 0.350. The normalized spacial score (nSPS) is 18.9. The van der Waals surface area contributed by atoms with Crippen molar-refractivity contribution in [2.75, 3.05) is 20.2 Å². The molecule has 1 aliphatic heterocycles. The average molecular weight is 273 g/mol. The maximum absolute atomic E-state index is 5.41. The van der Waals surface area contributed by atoms with Crippen LogP contribution in [0.3, 0.4) is 0 Å². The molecule has 2 aromatic rings. The third-order valence-corrected chi connectivity index (χ3v) is 3.67. The highest BCUT2D eigenvalue weighted by Crippen LogP contribution is 2.23. The largest absolute Gasteiger partial charge is 0.496 e. The SMILES string of the molecule is COc1ccccc1Cc1noc(C2CCCNC2)n1. The highest BCUT2D eigenvalue weighted by molar-refractivity contribution is 5.35. The van der Waals surface area contributed by atoms with Crippen LogP contribution >= 0.6 is 0 Å². The molecule has 0 aliphatic carbocycles. The molecule has 1 aliphatic rings. The summed E-state index contributed by atoms with van der Waals surface area (Å²) in [4.78, 5) is 4.53.